The van der Waals surface area contributed by atoms with E-state index in [0.717, 1.165) is 11.4 Å². The van der Waals surface area contributed by atoms with Crippen LogP contribution in [0.5, 0.6) is 11.5 Å². The number of nitrogens with one attached hydrogen (secondary N) is 1. The second kappa shape index (κ2) is 6.72. The van der Waals surface area contributed by atoms with E-state index in [4.69, 9.17) is 4.74 Å². The third-order valence-electron chi connectivity index (χ3n) is 3.11. The van der Waals surface area contributed by atoms with E-state index < -0.39 is 0 Å². The van der Waals surface area contributed by atoms with Crippen LogP contribution in [0.2, 0.25) is 0 Å². The van der Waals surface area contributed by atoms with E-state index in [2.05, 4.69) is 10.3 Å². The zero-order chi connectivity index (χ0) is 15.2. The maximum Gasteiger partial charge on any atom is 0.127 e. The third kappa shape index (κ3) is 3.82. The Morgan fingerprint density at radius 3 is 2.18 bits per heavy atom. The van der Waals surface area contributed by atoms with Crippen LogP contribution in [-0.2, 0) is 6.54 Å². The summed E-state index contributed by atoms with van der Waals surface area (Å²) < 4.78 is 18.5. The van der Waals surface area contributed by atoms with Crippen LogP contribution in [0.15, 0.2) is 72.9 Å². The van der Waals surface area contributed by atoms with Gasteiger partial charge in [-0.1, -0.05) is 18.2 Å². The van der Waals surface area contributed by atoms with Gasteiger partial charge in [0.2, 0.25) is 0 Å². The lowest BCUT2D eigenvalue weighted by Crippen LogP contribution is -2.00. The molecule has 3 rings (SSSR count). The summed E-state index contributed by atoms with van der Waals surface area (Å²) in [5.74, 6) is 1.89. The zero-order valence-corrected chi connectivity index (χ0v) is 11.9. The molecule has 0 fully saturated rings. The van der Waals surface area contributed by atoms with Crippen LogP contribution in [0.4, 0.5) is 10.2 Å². The average molecular weight is 294 g/mol. The largest absolute Gasteiger partial charge is 0.457 e. The lowest BCUT2D eigenvalue weighted by Gasteiger charge is -2.08. The SMILES string of the molecule is Fc1ccc(Oc2ccc(CNc3ccccn3)cc2)cc1. The van der Waals surface area contributed by atoms with E-state index in [1.807, 2.05) is 42.5 Å². The van der Waals surface area contributed by atoms with Gasteiger partial charge in [-0.25, -0.2) is 9.37 Å². The zero-order valence-electron chi connectivity index (χ0n) is 11.9. The molecule has 1 aromatic heterocycles. The monoisotopic (exact) mass is 294 g/mol. The highest BCUT2D eigenvalue weighted by molar-refractivity contribution is 5.37. The molecular weight excluding hydrogens is 279 g/mol. The van der Waals surface area contributed by atoms with E-state index in [1.54, 1.807) is 18.3 Å². The van der Waals surface area contributed by atoms with E-state index in [-0.39, 0.29) is 5.82 Å². The van der Waals surface area contributed by atoms with Crippen molar-refractivity contribution in [3.05, 3.63) is 84.3 Å². The summed E-state index contributed by atoms with van der Waals surface area (Å²) in [7, 11) is 0. The molecule has 0 radical (unpaired) electrons. The summed E-state index contributed by atoms with van der Waals surface area (Å²) in [6, 6.07) is 19.4. The van der Waals surface area contributed by atoms with Crippen molar-refractivity contribution in [1.29, 1.82) is 0 Å². The fourth-order valence-electron chi connectivity index (χ4n) is 1.97. The van der Waals surface area contributed by atoms with Crippen molar-refractivity contribution in [3.8, 4) is 11.5 Å². The highest BCUT2D eigenvalue weighted by atomic mass is 19.1. The summed E-state index contributed by atoms with van der Waals surface area (Å²) in [5.41, 5.74) is 1.12. The summed E-state index contributed by atoms with van der Waals surface area (Å²) in [6.07, 6.45) is 1.75. The first-order valence-electron chi connectivity index (χ1n) is 6.97. The highest BCUT2D eigenvalue weighted by Crippen LogP contribution is 2.22. The van der Waals surface area contributed by atoms with Crippen LogP contribution in [-0.4, -0.2) is 4.98 Å². The van der Waals surface area contributed by atoms with Crippen molar-refractivity contribution in [2.75, 3.05) is 5.32 Å². The maximum absolute atomic E-state index is 12.8. The van der Waals surface area contributed by atoms with Crippen molar-refractivity contribution < 1.29 is 9.13 Å². The fraction of sp³-hybridized carbons (Fsp3) is 0.0556. The maximum atomic E-state index is 12.8. The van der Waals surface area contributed by atoms with E-state index in [0.29, 0.717) is 18.0 Å². The van der Waals surface area contributed by atoms with E-state index in [9.17, 15) is 4.39 Å². The molecule has 22 heavy (non-hydrogen) atoms. The molecule has 3 nitrogen and oxygen atoms in total. The van der Waals surface area contributed by atoms with E-state index >= 15 is 0 Å². The molecule has 110 valence electrons. The molecule has 0 aliphatic carbocycles. The Hall–Kier alpha value is -2.88. The molecule has 3 aromatic rings. The van der Waals surface area contributed by atoms with Gasteiger partial charge in [-0.15, -0.1) is 0 Å². The Morgan fingerprint density at radius 1 is 0.864 bits per heavy atom. The van der Waals surface area contributed by atoms with Crippen LogP contribution in [0.3, 0.4) is 0 Å². The van der Waals surface area contributed by atoms with Crippen LogP contribution < -0.4 is 10.1 Å². The van der Waals surface area contributed by atoms with Gasteiger partial charge >= 0.3 is 0 Å². The van der Waals surface area contributed by atoms with Crippen molar-refractivity contribution in [3.63, 3.8) is 0 Å². The minimum Gasteiger partial charge on any atom is -0.457 e. The van der Waals surface area contributed by atoms with Crippen molar-refractivity contribution >= 4 is 5.82 Å². The number of benzene rings is 2. The van der Waals surface area contributed by atoms with Crippen molar-refractivity contribution in [1.82, 2.24) is 4.98 Å². The van der Waals surface area contributed by atoms with Gasteiger partial charge in [0.05, 0.1) is 0 Å². The number of anilines is 1. The van der Waals surface area contributed by atoms with Gasteiger partial charge in [0.15, 0.2) is 0 Å². The number of aromatic nitrogens is 1. The first kappa shape index (κ1) is 14.1. The normalized spacial score (nSPS) is 10.2. The predicted molar refractivity (Wildman–Crippen MR) is 84.5 cm³/mol. The molecule has 0 saturated carbocycles. The number of halogens is 1. The Bertz CT molecular complexity index is 712. The second-order valence-corrected chi connectivity index (χ2v) is 4.77. The molecule has 4 heteroatoms. The van der Waals surface area contributed by atoms with E-state index in [1.165, 1.54) is 12.1 Å². The Balaban J connectivity index is 1.59. The summed E-state index contributed by atoms with van der Waals surface area (Å²) in [5, 5.41) is 3.24. The number of nitrogens with zero attached hydrogens (tertiary/aromatic N) is 1. The molecule has 1 heterocycles. The van der Waals surface area contributed by atoms with Crippen LogP contribution in [0.25, 0.3) is 0 Å². The lowest BCUT2D eigenvalue weighted by molar-refractivity contribution is 0.480. The first-order valence-corrected chi connectivity index (χ1v) is 6.97. The fourth-order valence-corrected chi connectivity index (χ4v) is 1.97. The predicted octanol–water partition coefficient (Wildman–Crippen LogP) is 4.63. The van der Waals surface area contributed by atoms with Gasteiger partial charge in [0, 0.05) is 12.7 Å². The highest BCUT2D eigenvalue weighted by Gasteiger charge is 1.99. The third-order valence-corrected chi connectivity index (χ3v) is 3.11. The minimum atomic E-state index is -0.275. The smallest absolute Gasteiger partial charge is 0.127 e. The van der Waals surface area contributed by atoms with Gasteiger partial charge in [-0.3, -0.25) is 0 Å². The van der Waals surface area contributed by atoms with Crippen molar-refractivity contribution in [2.45, 2.75) is 6.54 Å². The molecule has 1 N–H and O–H groups in total. The Labute approximate surface area is 128 Å². The lowest BCUT2D eigenvalue weighted by atomic mass is 10.2. The van der Waals surface area contributed by atoms with Gasteiger partial charge in [0.25, 0.3) is 0 Å². The summed E-state index contributed by atoms with van der Waals surface area (Å²) in [6.45, 7) is 0.688. The first-order chi connectivity index (χ1) is 10.8. The standard InChI is InChI=1S/C18H15FN2O/c19-15-6-10-17(11-7-15)22-16-8-4-14(5-9-16)13-21-18-3-1-2-12-20-18/h1-12H,13H2,(H,20,21). The second-order valence-electron chi connectivity index (χ2n) is 4.77. The molecule has 0 unspecified atom stereocenters. The van der Waals surface area contributed by atoms with Crippen molar-refractivity contribution in [2.24, 2.45) is 0 Å². The van der Waals surface area contributed by atoms with Gasteiger partial charge < -0.3 is 10.1 Å². The number of ether oxygens (including phenoxy) is 1. The Morgan fingerprint density at radius 2 is 1.55 bits per heavy atom. The Kier molecular flexibility index (Phi) is 4.30. The molecule has 2 aromatic carbocycles. The molecular formula is C18H15FN2O. The molecule has 0 bridgehead atoms. The number of hydrogen-bond acceptors (Lipinski definition) is 3. The van der Waals surface area contributed by atoms with Crippen LogP contribution >= 0.6 is 0 Å². The number of hydrogen-bond donors (Lipinski definition) is 1. The topological polar surface area (TPSA) is 34.1 Å². The molecule has 0 spiro atoms. The van der Waals surface area contributed by atoms with Crippen LogP contribution in [0, 0.1) is 5.82 Å². The molecule has 0 amide bonds. The van der Waals surface area contributed by atoms with Gasteiger partial charge in [-0.2, -0.15) is 0 Å². The average Bonchev–Trinajstić information content (AvgIpc) is 2.57. The minimum absolute atomic E-state index is 0.275. The van der Waals surface area contributed by atoms with Crippen LogP contribution in [0.1, 0.15) is 5.56 Å². The van der Waals surface area contributed by atoms with Gasteiger partial charge in [0.1, 0.15) is 23.1 Å². The van der Waals surface area contributed by atoms with Gasteiger partial charge in [-0.05, 0) is 54.1 Å². The number of pyridine rings is 1. The molecule has 0 aliphatic heterocycles. The summed E-state index contributed by atoms with van der Waals surface area (Å²) >= 11 is 0. The molecule has 0 aliphatic rings. The quantitative estimate of drug-likeness (QED) is 0.745. The summed E-state index contributed by atoms with van der Waals surface area (Å²) in [4.78, 5) is 4.21. The molecule has 0 atom stereocenters. The molecule has 0 saturated heterocycles. The number of rotatable bonds is 5.